The summed E-state index contributed by atoms with van der Waals surface area (Å²) in [7, 11) is 0. The third kappa shape index (κ3) is 3.22. The van der Waals surface area contributed by atoms with Crippen LogP contribution in [-0.2, 0) is 0 Å². The predicted octanol–water partition coefficient (Wildman–Crippen LogP) is 4.17. The van der Waals surface area contributed by atoms with Gasteiger partial charge in [0.2, 0.25) is 0 Å². The largest absolute Gasteiger partial charge is 0.389 e. The van der Waals surface area contributed by atoms with E-state index < -0.39 is 0 Å². The van der Waals surface area contributed by atoms with E-state index in [2.05, 4.69) is 5.32 Å². The van der Waals surface area contributed by atoms with Gasteiger partial charge in [-0.3, -0.25) is 0 Å². The molecule has 2 aromatic carbocycles. The van der Waals surface area contributed by atoms with Crippen molar-refractivity contribution in [2.75, 3.05) is 5.32 Å². The number of hydrogen-bond acceptors (Lipinski definition) is 2. The van der Waals surface area contributed by atoms with E-state index in [1.807, 2.05) is 6.92 Å². The molecule has 0 radical (unpaired) electrons. The van der Waals surface area contributed by atoms with Crippen LogP contribution < -0.4 is 11.1 Å². The van der Waals surface area contributed by atoms with Crippen LogP contribution in [0.25, 0.3) is 0 Å². The summed E-state index contributed by atoms with van der Waals surface area (Å²) >= 11 is 11.0. The number of hydrogen-bond donors (Lipinski definition) is 2. The highest BCUT2D eigenvalue weighted by Crippen LogP contribution is 2.26. The minimum atomic E-state index is -0.274. The molecule has 2 nitrogen and oxygen atoms in total. The van der Waals surface area contributed by atoms with Crippen molar-refractivity contribution in [1.82, 2.24) is 0 Å². The van der Waals surface area contributed by atoms with Crippen molar-refractivity contribution in [3.63, 3.8) is 0 Å². The molecule has 0 saturated carbocycles. The average molecular weight is 295 g/mol. The topological polar surface area (TPSA) is 38.0 Å². The number of anilines is 2. The van der Waals surface area contributed by atoms with Crippen molar-refractivity contribution in [2.24, 2.45) is 5.73 Å². The first-order chi connectivity index (χ1) is 8.97. The molecule has 0 amide bonds. The normalized spacial score (nSPS) is 10.3. The van der Waals surface area contributed by atoms with Crippen LogP contribution >= 0.6 is 23.8 Å². The fourth-order valence-electron chi connectivity index (χ4n) is 1.75. The smallest absolute Gasteiger partial charge is 0.123 e. The minimum Gasteiger partial charge on any atom is -0.389 e. The Morgan fingerprint density at radius 3 is 2.58 bits per heavy atom. The van der Waals surface area contributed by atoms with E-state index in [1.54, 1.807) is 24.3 Å². The van der Waals surface area contributed by atoms with Crippen LogP contribution in [-0.4, -0.2) is 4.99 Å². The number of halogens is 2. The summed E-state index contributed by atoms with van der Waals surface area (Å²) in [6.45, 7) is 1.82. The predicted molar refractivity (Wildman–Crippen MR) is 81.8 cm³/mol. The molecule has 5 heteroatoms. The van der Waals surface area contributed by atoms with E-state index in [4.69, 9.17) is 29.6 Å². The summed E-state index contributed by atoms with van der Waals surface area (Å²) in [5, 5.41) is 3.74. The molecule has 3 N–H and O–H groups in total. The van der Waals surface area contributed by atoms with E-state index >= 15 is 0 Å². The SMILES string of the molecule is Cc1cc(F)ccc1Nc1cc(Cl)ccc1C(N)=S. The zero-order chi connectivity index (χ0) is 14.0. The Hall–Kier alpha value is -1.65. The lowest BCUT2D eigenvalue weighted by molar-refractivity contribution is 0.627. The second-order valence-corrected chi connectivity index (χ2v) is 5.01. The number of benzene rings is 2. The highest BCUT2D eigenvalue weighted by molar-refractivity contribution is 7.80. The summed E-state index contributed by atoms with van der Waals surface area (Å²) in [6.07, 6.45) is 0. The van der Waals surface area contributed by atoms with Gasteiger partial charge in [0.1, 0.15) is 10.8 Å². The zero-order valence-electron chi connectivity index (χ0n) is 10.2. The highest BCUT2D eigenvalue weighted by atomic mass is 35.5. The van der Waals surface area contributed by atoms with Gasteiger partial charge in [-0.1, -0.05) is 23.8 Å². The van der Waals surface area contributed by atoms with Gasteiger partial charge in [0.05, 0.1) is 5.69 Å². The molecule has 0 aliphatic heterocycles. The minimum absolute atomic E-state index is 0.274. The molecule has 0 aliphatic carbocycles. The number of aryl methyl sites for hydroxylation is 1. The maximum Gasteiger partial charge on any atom is 0.123 e. The highest BCUT2D eigenvalue weighted by Gasteiger charge is 2.08. The van der Waals surface area contributed by atoms with Crippen molar-refractivity contribution >= 4 is 40.2 Å². The molecule has 2 rings (SSSR count). The number of nitrogens with two attached hydrogens (primary N) is 1. The van der Waals surface area contributed by atoms with Gasteiger partial charge in [-0.2, -0.15) is 0 Å². The molecular formula is C14H12ClFN2S. The Morgan fingerprint density at radius 2 is 1.95 bits per heavy atom. The van der Waals surface area contributed by atoms with Gasteiger partial charge in [-0.05, 0) is 48.9 Å². The van der Waals surface area contributed by atoms with Crippen LogP contribution in [0.5, 0.6) is 0 Å². The summed E-state index contributed by atoms with van der Waals surface area (Å²) in [5.41, 5.74) is 8.63. The van der Waals surface area contributed by atoms with Gasteiger partial charge >= 0.3 is 0 Å². The first kappa shape index (κ1) is 13.8. The number of thiocarbonyl (C=S) groups is 1. The Bertz CT molecular complexity index is 643. The molecule has 0 aliphatic rings. The number of rotatable bonds is 3. The molecular weight excluding hydrogens is 283 g/mol. The van der Waals surface area contributed by atoms with Crippen molar-refractivity contribution in [2.45, 2.75) is 6.92 Å². The monoisotopic (exact) mass is 294 g/mol. The van der Waals surface area contributed by atoms with Crippen LogP contribution in [0.1, 0.15) is 11.1 Å². The molecule has 0 unspecified atom stereocenters. The van der Waals surface area contributed by atoms with Crippen molar-refractivity contribution in [3.8, 4) is 0 Å². The summed E-state index contributed by atoms with van der Waals surface area (Å²) in [4.78, 5) is 0.277. The van der Waals surface area contributed by atoms with Gasteiger partial charge < -0.3 is 11.1 Å². The van der Waals surface area contributed by atoms with Crippen LogP contribution in [0.3, 0.4) is 0 Å². The number of nitrogens with one attached hydrogen (secondary N) is 1. The molecule has 19 heavy (non-hydrogen) atoms. The Kier molecular flexibility index (Phi) is 4.02. The maximum atomic E-state index is 13.1. The first-order valence-corrected chi connectivity index (χ1v) is 6.38. The molecule has 0 bridgehead atoms. The second-order valence-electron chi connectivity index (χ2n) is 4.14. The molecule has 0 atom stereocenters. The standard InChI is InChI=1S/C14H12ClFN2S/c1-8-6-10(16)3-5-12(8)18-13-7-9(15)2-4-11(13)14(17)19/h2-7,18H,1H3,(H2,17,19). The average Bonchev–Trinajstić information content (AvgIpc) is 2.32. The molecule has 0 saturated heterocycles. The second kappa shape index (κ2) is 5.55. The fraction of sp³-hybridized carbons (Fsp3) is 0.0714. The molecule has 0 fully saturated rings. The summed E-state index contributed by atoms with van der Waals surface area (Å²) in [6, 6.07) is 9.71. The lowest BCUT2D eigenvalue weighted by Gasteiger charge is -2.13. The van der Waals surface area contributed by atoms with Gasteiger partial charge in [0, 0.05) is 16.3 Å². The van der Waals surface area contributed by atoms with E-state index in [-0.39, 0.29) is 10.8 Å². The first-order valence-electron chi connectivity index (χ1n) is 5.60. The van der Waals surface area contributed by atoms with Crippen LogP contribution in [0.2, 0.25) is 5.02 Å². The zero-order valence-corrected chi connectivity index (χ0v) is 11.8. The van der Waals surface area contributed by atoms with Crippen LogP contribution in [0.4, 0.5) is 15.8 Å². The third-order valence-corrected chi connectivity index (χ3v) is 3.16. The van der Waals surface area contributed by atoms with E-state index in [1.165, 1.54) is 12.1 Å². The Labute approximate surface area is 121 Å². The Morgan fingerprint density at radius 1 is 1.21 bits per heavy atom. The third-order valence-electron chi connectivity index (χ3n) is 2.70. The Balaban J connectivity index is 2.42. The molecule has 98 valence electrons. The lowest BCUT2D eigenvalue weighted by atomic mass is 10.1. The molecule has 2 aromatic rings. The fourth-order valence-corrected chi connectivity index (χ4v) is 2.10. The van der Waals surface area contributed by atoms with Crippen molar-refractivity contribution in [3.05, 3.63) is 58.4 Å². The van der Waals surface area contributed by atoms with E-state index in [9.17, 15) is 4.39 Å². The van der Waals surface area contributed by atoms with Gasteiger partial charge in [0.25, 0.3) is 0 Å². The van der Waals surface area contributed by atoms with Crippen molar-refractivity contribution < 1.29 is 4.39 Å². The lowest BCUT2D eigenvalue weighted by Crippen LogP contribution is -2.12. The van der Waals surface area contributed by atoms with E-state index in [0.717, 1.165) is 11.3 Å². The van der Waals surface area contributed by atoms with Gasteiger partial charge in [0.15, 0.2) is 0 Å². The molecule has 0 spiro atoms. The van der Waals surface area contributed by atoms with Gasteiger partial charge in [-0.25, -0.2) is 4.39 Å². The van der Waals surface area contributed by atoms with Gasteiger partial charge in [-0.15, -0.1) is 0 Å². The van der Waals surface area contributed by atoms with Crippen LogP contribution in [0, 0.1) is 12.7 Å². The summed E-state index contributed by atoms with van der Waals surface area (Å²) < 4.78 is 13.1. The molecule has 0 heterocycles. The van der Waals surface area contributed by atoms with E-state index in [0.29, 0.717) is 16.3 Å². The van der Waals surface area contributed by atoms with Crippen LogP contribution in [0.15, 0.2) is 36.4 Å². The summed E-state index contributed by atoms with van der Waals surface area (Å²) in [5.74, 6) is -0.274. The maximum absolute atomic E-state index is 13.1. The quantitative estimate of drug-likeness (QED) is 0.835. The molecule has 0 aromatic heterocycles. The van der Waals surface area contributed by atoms with Crippen molar-refractivity contribution in [1.29, 1.82) is 0 Å².